The summed E-state index contributed by atoms with van der Waals surface area (Å²) in [6.45, 7) is 3.67. The molecule has 42 heavy (non-hydrogen) atoms. The molecule has 0 saturated carbocycles. The highest BCUT2D eigenvalue weighted by Gasteiger charge is 2.35. The Morgan fingerprint density at radius 3 is 1.52 bits per heavy atom. The molecule has 6 atom stereocenters. The van der Waals surface area contributed by atoms with Gasteiger partial charge < -0.3 is 29.9 Å². The Kier molecular flexibility index (Phi) is 19.2. The van der Waals surface area contributed by atoms with E-state index in [9.17, 15) is 25.2 Å². The quantitative estimate of drug-likeness (QED) is 0.0607. The maximum Gasteiger partial charge on any atom is 0.336 e. The van der Waals surface area contributed by atoms with E-state index in [0.717, 1.165) is 70.6 Å². The Bertz CT molecular complexity index is 737. The van der Waals surface area contributed by atoms with Crippen molar-refractivity contribution >= 4 is 5.97 Å². The summed E-state index contributed by atoms with van der Waals surface area (Å²) in [5.41, 5.74) is 0.356. The molecular weight excluding hydrogens is 532 g/mol. The fraction of sp³-hybridized carbons (Fsp3) is 0.914. The fourth-order valence-electron chi connectivity index (χ4n) is 6.43. The highest BCUT2D eigenvalue weighted by atomic mass is 16.7. The number of carbonyl (C=O) groups is 1. The summed E-state index contributed by atoms with van der Waals surface area (Å²) in [6, 6.07) is 0. The zero-order chi connectivity index (χ0) is 30.6. The van der Waals surface area contributed by atoms with Crippen LogP contribution in [0.4, 0.5) is 0 Å². The first-order valence-electron chi connectivity index (χ1n) is 17.6. The second-order valence-electron chi connectivity index (χ2n) is 13.3. The Hall–Kier alpha value is -0.990. The van der Waals surface area contributed by atoms with Crippen molar-refractivity contribution in [3.63, 3.8) is 0 Å². The number of ether oxygens (including phenoxy) is 2. The molecule has 1 fully saturated rings. The third-order valence-corrected chi connectivity index (χ3v) is 9.04. The molecule has 2 heterocycles. The molecule has 2 aliphatic heterocycles. The lowest BCUT2D eigenvalue weighted by molar-refractivity contribution is -0.173. The number of cyclic esters (lactones) is 1. The normalized spacial score (nSPS) is 24.5. The fourth-order valence-corrected chi connectivity index (χ4v) is 6.43. The molecule has 0 aromatic heterocycles. The predicted octanol–water partition coefficient (Wildman–Crippen LogP) is 7.41. The van der Waals surface area contributed by atoms with Crippen LogP contribution in [0.25, 0.3) is 0 Å². The summed E-state index contributed by atoms with van der Waals surface area (Å²) in [7, 11) is 0. The van der Waals surface area contributed by atoms with Crippen molar-refractivity contribution in [3.05, 3.63) is 11.6 Å². The van der Waals surface area contributed by atoms with Gasteiger partial charge in [-0.2, -0.15) is 0 Å². The van der Waals surface area contributed by atoms with E-state index < -0.39 is 30.1 Å². The van der Waals surface area contributed by atoms with E-state index in [4.69, 9.17) is 9.47 Å². The maximum absolute atomic E-state index is 11.7. The molecule has 0 radical (unpaired) electrons. The number of hydrogen-bond donors (Lipinski definition) is 4. The van der Waals surface area contributed by atoms with Crippen molar-refractivity contribution in [1.29, 1.82) is 0 Å². The Balaban J connectivity index is 1.38. The van der Waals surface area contributed by atoms with Crippen molar-refractivity contribution < 1.29 is 34.7 Å². The molecule has 0 aromatic rings. The van der Waals surface area contributed by atoms with Crippen LogP contribution in [-0.2, 0) is 14.3 Å². The number of esters is 1. The monoisotopic (exact) mass is 596 g/mol. The van der Waals surface area contributed by atoms with Crippen molar-refractivity contribution in [2.45, 2.75) is 204 Å². The molecule has 4 N–H and O–H groups in total. The average molecular weight is 597 g/mol. The standard InChI is InChI=1S/C35H64O7/c1-3-4-5-6-7-8-9-13-16-19-22-30(37)32-24-25-33(41-32)31(38)23-20-17-14-11-10-12-15-18-21-29(36)26-28-27-35(2,40)42-34(28)39/h27,29-33,36-38,40H,3-26H2,1-2H3/t29-,30-,31-,32-,33-,35-/m1/s1. The van der Waals surface area contributed by atoms with Gasteiger partial charge in [0.25, 0.3) is 0 Å². The summed E-state index contributed by atoms with van der Waals surface area (Å²) in [5.74, 6) is -2.09. The van der Waals surface area contributed by atoms with E-state index in [1.165, 1.54) is 83.6 Å². The molecule has 0 bridgehead atoms. The van der Waals surface area contributed by atoms with Gasteiger partial charge in [-0.3, -0.25) is 0 Å². The average Bonchev–Trinajstić information content (AvgIpc) is 3.54. The van der Waals surface area contributed by atoms with Gasteiger partial charge in [-0.1, -0.05) is 122 Å². The molecular formula is C35H64O7. The maximum atomic E-state index is 11.7. The number of unbranched alkanes of at least 4 members (excludes halogenated alkanes) is 16. The van der Waals surface area contributed by atoms with Crippen LogP contribution in [0.15, 0.2) is 11.6 Å². The van der Waals surface area contributed by atoms with Crippen LogP contribution in [0.2, 0.25) is 0 Å². The number of rotatable bonds is 26. The number of aliphatic hydroxyl groups is 4. The van der Waals surface area contributed by atoms with Gasteiger partial charge in [0, 0.05) is 18.9 Å². The van der Waals surface area contributed by atoms with Gasteiger partial charge in [-0.25, -0.2) is 4.79 Å². The second-order valence-corrected chi connectivity index (χ2v) is 13.3. The van der Waals surface area contributed by atoms with E-state index in [1.807, 2.05) is 0 Å². The Morgan fingerprint density at radius 2 is 1.12 bits per heavy atom. The number of hydrogen-bond acceptors (Lipinski definition) is 7. The molecule has 246 valence electrons. The van der Waals surface area contributed by atoms with Gasteiger partial charge >= 0.3 is 5.97 Å². The lowest BCUT2D eigenvalue weighted by Crippen LogP contribution is -2.31. The van der Waals surface area contributed by atoms with E-state index in [0.29, 0.717) is 12.0 Å². The highest BCUT2D eigenvalue weighted by Crippen LogP contribution is 2.29. The van der Waals surface area contributed by atoms with Gasteiger partial charge in [0.15, 0.2) is 0 Å². The van der Waals surface area contributed by atoms with Crippen LogP contribution in [0.5, 0.6) is 0 Å². The molecule has 2 aliphatic rings. The molecule has 7 nitrogen and oxygen atoms in total. The predicted molar refractivity (Wildman–Crippen MR) is 168 cm³/mol. The largest absolute Gasteiger partial charge is 0.426 e. The van der Waals surface area contributed by atoms with Crippen molar-refractivity contribution in [2.75, 3.05) is 0 Å². The van der Waals surface area contributed by atoms with Gasteiger partial charge in [0.1, 0.15) is 0 Å². The summed E-state index contributed by atoms with van der Waals surface area (Å²) >= 11 is 0. The Morgan fingerprint density at radius 1 is 0.714 bits per heavy atom. The van der Waals surface area contributed by atoms with E-state index in [1.54, 1.807) is 0 Å². The van der Waals surface area contributed by atoms with E-state index >= 15 is 0 Å². The molecule has 0 amide bonds. The minimum absolute atomic E-state index is 0.114. The Labute approximate surface area is 256 Å². The molecule has 7 heteroatoms. The molecule has 1 saturated heterocycles. The highest BCUT2D eigenvalue weighted by molar-refractivity contribution is 5.91. The van der Waals surface area contributed by atoms with Crippen molar-refractivity contribution in [1.82, 2.24) is 0 Å². The lowest BCUT2D eigenvalue weighted by atomic mass is 9.99. The van der Waals surface area contributed by atoms with Gasteiger partial charge in [0.2, 0.25) is 5.79 Å². The van der Waals surface area contributed by atoms with Crippen LogP contribution in [0, 0.1) is 0 Å². The van der Waals surface area contributed by atoms with Gasteiger partial charge in [-0.05, 0) is 38.2 Å². The zero-order valence-electron chi connectivity index (χ0n) is 26.9. The molecule has 0 unspecified atom stereocenters. The van der Waals surface area contributed by atoms with Crippen LogP contribution < -0.4 is 0 Å². The summed E-state index contributed by atoms with van der Waals surface area (Å²) in [4.78, 5) is 11.7. The third kappa shape index (κ3) is 16.2. The van der Waals surface area contributed by atoms with Crippen molar-refractivity contribution in [2.24, 2.45) is 0 Å². The second kappa shape index (κ2) is 21.7. The van der Waals surface area contributed by atoms with E-state index in [-0.39, 0.29) is 18.6 Å². The number of carbonyl (C=O) groups excluding carboxylic acids is 1. The zero-order valence-corrected chi connectivity index (χ0v) is 26.9. The van der Waals surface area contributed by atoms with Gasteiger partial charge in [0.05, 0.1) is 30.5 Å². The molecule has 0 spiro atoms. The summed E-state index contributed by atoms with van der Waals surface area (Å²) < 4.78 is 10.9. The first-order valence-corrected chi connectivity index (χ1v) is 17.6. The van der Waals surface area contributed by atoms with E-state index in [2.05, 4.69) is 6.92 Å². The minimum atomic E-state index is -1.55. The molecule has 0 aliphatic carbocycles. The summed E-state index contributed by atoms with van der Waals surface area (Å²) in [6.07, 6.45) is 25.6. The minimum Gasteiger partial charge on any atom is -0.426 e. The third-order valence-electron chi connectivity index (χ3n) is 9.04. The number of aliphatic hydroxyl groups excluding tert-OH is 3. The van der Waals surface area contributed by atoms with Crippen molar-refractivity contribution in [3.8, 4) is 0 Å². The summed E-state index contributed by atoms with van der Waals surface area (Å²) in [5, 5.41) is 41.1. The van der Waals surface area contributed by atoms with Crippen LogP contribution in [-0.4, -0.2) is 62.7 Å². The first kappa shape index (κ1) is 37.2. The SMILES string of the molecule is CCCCCCCCCCCC[C@@H](O)[C@H]1CC[C@H]([C@H](O)CCCCCCCCCC[C@@H](O)CC2=C[C@](C)(O)OC2=O)O1. The van der Waals surface area contributed by atoms with Crippen LogP contribution in [0.3, 0.4) is 0 Å². The van der Waals surface area contributed by atoms with Crippen LogP contribution >= 0.6 is 0 Å². The lowest BCUT2D eigenvalue weighted by Gasteiger charge is -2.22. The van der Waals surface area contributed by atoms with Crippen LogP contribution in [0.1, 0.15) is 168 Å². The molecule has 2 rings (SSSR count). The first-order chi connectivity index (χ1) is 20.2. The smallest absolute Gasteiger partial charge is 0.336 e. The topological polar surface area (TPSA) is 116 Å². The molecule has 0 aromatic carbocycles. The van der Waals surface area contributed by atoms with Gasteiger partial charge in [-0.15, -0.1) is 0 Å².